The maximum atomic E-state index is 12.1. The molecule has 0 unspecified atom stereocenters. The molecule has 0 aliphatic heterocycles. The van der Waals surface area contributed by atoms with Gasteiger partial charge in [0.05, 0.1) is 18.2 Å². The summed E-state index contributed by atoms with van der Waals surface area (Å²) in [6, 6.07) is 2.31. The number of rotatable bonds is 7. The fraction of sp³-hybridized carbons (Fsp3) is 0.500. The van der Waals surface area contributed by atoms with Crippen LogP contribution in [-0.4, -0.2) is 20.5 Å². The summed E-state index contributed by atoms with van der Waals surface area (Å²) in [5.74, 6) is -0.00394. The molecule has 0 saturated carbocycles. The highest BCUT2D eigenvalue weighted by molar-refractivity contribution is 7.09. The topological polar surface area (TPSA) is 73.8 Å². The summed E-state index contributed by atoms with van der Waals surface area (Å²) in [6.07, 6.45) is 4.32. The first-order valence-electron chi connectivity index (χ1n) is 6.89. The van der Waals surface area contributed by atoms with Gasteiger partial charge in [-0.25, -0.2) is 4.98 Å². The molecule has 0 bridgehead atoms. The van der Waals surface area contributed by atoms with Crippen LogP contribution in [0.2, 0.25) is 0 Å². The number of carbonyl (C=O) groups is 1. The summed E-state index contributed by atoms with van der Waals surface area (Å²) in [7, 11) is 0. The van der Waals surface area contributed by atoms with Gasteiger partial charge in [-0.2, -0.15) is 5.10 Å². The summed E-state index contributed by atoms with van der Waals surface area (Å²) in [5, 5.41) is 7.05. The van der Waals surface area contributed by atoms with E-state index in [1.807, 2.05) is 16.9 Å². The number of hydrogen-bond acceptors (Lipinski definition) is 5. The van der Waals surface area contributed by atoms with E-state index in [1.165, 1.54) is 11.3 Å². The van der Waals surface area contributed by atoms with E-state index in [9.17, 15) is 4.79 Å². The average Bonchev–Trinajstić information content (AvgIpc) is 3.09. The van der Waals surface area contributed by atoms with E-state index < -0.39 is 0 Å². The lowest BCUT2D eigenvalue weighted by Crippen LogP contribution is -2.10. The Kier molecular flexibility index (Phi) is 5.03. The van der Waals surface area contributed by atoms with Crippen molar-refractivity contribution in [3.05, 3.63) is 34.0 Å². The standard InChI is InChI=1S/C14H20N4OS/c1-3-11(4-2)18-6-5-10(17-18)7-13(19)12-9-20-14(8-15)16-12/h5-6,9,11H,3-4,7-8,15H2,1-2H3. The summed E-state index contributed by atoms with van der Waals surface area (Å²) < 4.78 is 1.95. The molecular weight excluding hydrogens is 272 g/mol. The molecule has 0 atom stereocenters. The van der Waals surface area contributed by atoms with Crippen molar-refractivity contribution in [2.75, 3.05) is 0 Å². The number of thiazole rings is 1. The van der Waals surface area contributed by atoms with Gasteiger partial charge in [-0.3, -0.25) is 9.48 Å². The fourth-order valence-corrected chi connectivity index (χ4v) is 2.80. The third kappa shape index (κ3) is 3.32. The second kappa shape index (κ2) is 6.76. The molecule has 0 aromatic carbocycles. The Morgan fingerprint density at radius 1 is 1.45 bits per heavy atom. The lowest BCUT2D eigenvalue weighted by atomic mass is 10.2. The molecule has 2 rings (SSSR count). The van der Waals surface area contributed by atoms with E-state index in [0.29, 0.717) is 24.7 Å². The van der Waals surface area contributed by atoms with Crippen molar-refractivity contribution in [1.29, 1.82) is 0 Å². The predicted molar refractivity (Wildman–Crippen MR) is 79.9 cm³/mol. The van der Waals surface area contributed by atoms with Crippen LogP contribution in [0.4, 0.5) is 0 Å². The Bertz CT molecular complexity index is 571. The molecule has 108 valence electrons. The SMILES string of the molecule is CCC(CC)n1ccc(CC(=O)c2csc(CN)n2)n1. The van der Waals surface area contributed by atoms with Gasteiger partial charge in [-0.15, -0.1) is 11.3 Å². The number of nitrogens with two attached hydrogens (primary N) is 1. The molecule has 20 heavy (non-hydrogen) atoms. The molecule has 0 saturated heterocycles. The Labute approximate surface area is 122 Å². The van der Waals surface area contributed by atoms with Gasteiger partial charge in [0, 0.05) is 18.1 Å². The van der Waals surface area contributed by atoms with Crippen molar-refractivity contribution in [3.8, 4) is 0 Å². The van der Waals surface area contributed by atoms with Crippen LogP contribution < -0.4 is 5.73 Å². The van der Waals surface area contributed by atoms with Gasteiger partial charge in [0.25, 0.3) is 0 Å². The molecule has 2 aromatic heterocycles. The Morgan fingerprint density at radius 2 is 2.20 bits per heavy atom. The minimum atomic E-state index is -0.00394. The smallest absolute Gasteiger partial charge is 0.188 e. The quantitative estimate of drug-likeness (QED) is 0.796. The number of Topliss-reactive ketones (excluding diaryl/α,β-unsaturated/α-hetero) is 1. The molecule has 2 N–H and O–H groups in total. The highest BCUT2D eigenvalue weighted by Gasteiger charge is 2.14. The molecule has 0 spiro atoms. The highest BCUT2D eigenvalue weighted by atomic mass is 32.1. The predicted octanol–water partition coefficient (Wildman–Crippen LogP) is 2.58. The first-order chi connectivity index (χ1) is 9.67. The minimum absolute atomic E-state index is 0.00394. The highest BCUT2D eigenvalue weighted by Crippen LogP contribution is 2.16. The van der Waals surface area contributed by atoms with Crippen LogP contribution in [0.3, 0.4) is 0 Å². The number of carbonyl (C=O) groups excluding carboxylic acids is 1. The third-order valence-electron chi connectivity index (χ3n) is 3.33. The van der Waals surface area contributed by atoms with Crippen LogP contribution in [-0.2, 0) is 13.0 Å². The number of hydrogen-bond donors (Lipinski definition) is 1. The molecule has 0 aliphatic carbocycles. The van der Waals surface area contributed by atoms with Crippen molar-refractivity contribution >= 4 is 17.1 Å². The Morgan fingerprint density at radius 3 is 2.80 bits per heavy atom. The van der Waals surface area contributed by atoms with Crippen LogP contribution in [0.25, 0.3) is 0 Å². The minimum Gasteiger partial charge on any atom is -0.325 e. The largest absolute Gasteiger partial charge is 0.325 e. The van der Waals surface area contributed by atoms with Crippen molar-refractivity contribution in [2.45, 2.75) is 45.7 Å². The van der Waals surface area contributed by atoms with Gasteiger partial charge < -0.3 is 5.73 Å². The second-order valence-corrected chi connectivity index (χ2v) is 5.63. The van der Waals surface area contributed by atoms with E-state index >= 15 is 0 Å². The number of nitrogens with zero attached hydrogens (tertiary/aromatic N) is 3. The zero-order chi connectivity index (χ0) is 14.5. The number of aromatic nitrogens is 3. The Hall–Kier alpha value is -1.53. The fourth-order valence-electron chi connectivity index (χ4n) is 2.13. The maximum absolute atomic E-state index is 12.1. The third-order valence-corrected chi connectivity index (χ3v) is 4.21. The van der Waals surface area contributed by atoms with Crippen LogP contribution >= 0.6 is 11.3 Å². The van der Waals surface area contributed by atoms with Crippen LogP contribution in [0.5, 0.6) is 0 Å². The molecule has 6 heteroatoms. The van der Waals surface area contributed by atoms with E-state index in [2.05, 4.69) is 23.9 Å². The van der Waals surface area contributed by atoms with Crippen LogP contribution in [0, 0.1) is 0 Å². The molecule has 0 radical (unpaired) electrons. The van der Waals surface area contributed by atoms with Gasteiger partial charge in [-0.1, -0.05) is 13.8 Å². The van der Waals surface area contributed by atoms with Crippen molar-refractivity contribution < 1.29 is 4.79 Å². The Balaban J connectivity index is 2.04. The van der Waals surface area contributed by atoms with Crippen LogP contribution in [0.15, 0.2) is 17.6 Å². The van der Waals surface area contributed by atoms with Gasteiger partial charge >= 0.3 is 0 Å². The molecule has 2 aromatic rings. The second-order valence-electron chi connectivity index (χ2n) is 4.69. The molecule has 2 heterocycles. The molecule has 0 fully saturated rings. The lowest BCUT2D eigenvalue weighted by Gasteiger charge is -2.12. The molecule has 5 nitrogen and oxygen atoms in total. The van der Waals surface area contributed by atoms with Crippen molar-refractivity contribution in [2.24, 2.45) is 5.73 Å². The van der Waals surface area contributed by atoms with Crippen LogP contribution in [0.1, 0.15) is 53.9 Å². The molecule has 0 aliphatic rings. The number of ketones is 1. The van der Waals surface area contributed by atoms with E-state index in [1.54, 1.807) is 5.38 Å². The summed E-state index contributed by atoms with van der Waals surface area (Å²) in [5.41, 5.74) is 6.79. The lowest BCUT2D eigenvalue weighted by molar-refractivity contribution is 0.0987. The monoisotopic (exact) mass is 292 g/mol. The van der Waals surface area contributed by atoms with Gasteiger partial charge in [0.1, 0.15) is 10.7 Å². The molecular formula is C14H20N4OS. The summed E-state index contributed by atoms with van der Waals surface area (Å²) >= 11 is 1.42. The van der Waals surface area contributed by atoms with Crippen molar-refractivity contribution in [1.82, 2.24) is 14.8 Å². The van der Waals surface area contributed by atoms with Gasteiger partial charge in [0.2, 0.25) is 0 Å². The van der Waals surface area contributed by atoms with E-state index in [0.717, 1.165) is 23.5 Å². The first kappa shape index (κ1) is 14.9. The summed E-state index contributed by atoms with van der Waals surface area (Å²) in [4.78, 5) is 16.3. The zero-order valence-electron chi connectivity index (χ0n) is 11.9. The summed E-state index contributed by atoms with van der Waals surface area (Å²) in [6.45, 7) is 4.66. The van der Waals surface area contributed by atoms with Crippen molar-refractivity contribution in [3.63, 3.8) is 0 Å². The average molecular weight is 292 g/mol. The normalized spacial score (nSPS) is 11.2. The first-order valence-corrected chi connectivity index (χ1v) is 7.77. The zero-order valence-corrected chi connectivity index (χ0v) is 12.7. The van der Waals surface area contributed by atoms with E-state index in [4.69, 9.17) is 5.73 Å². The van der Waals surface area contributed by atoms with Gasteiger partial charge in [0.15, 0.2) is 5.78 Å². The molecule has 0 amide bonds. The van der Waals surface area contributed by atoms with E-state index in [-0.39, 0.29) is 5.78 Å². The van der Waals surface area contributed by atoms with Gasteiger partial charge in [-0.05, 0) is 18.9 Å². The maximum Gasteiger partial charge on any atom is 0.188 e.